The molecule has 0 atom stereocenters. The van der Waals surface area contributed by atoms with Gasteiger partial charge in [-0.15, -0.1) is 0 Å². The summed E-state index contributed by atoms with van der Waals surface area (Å²) >= 11 is 0. The van der Waals surface area contributed by atoms with Gasteiger partial charge in [-0.3, -0.25) is 0 Å². The van der Waals surface area contributed by atoms with E-state index in [1.165, 1.54) is 4.31 Å². The highest BCUT2D eigenvalue weighted by atomic mass is 32.2. The van der Waals surface area contributed by atoms with Crippen LogP contribution in [0.5, 0.6) is 5.75 Å². The van der Waals surface area contributed by atoms with E-state index in [1.54, 1.807) is 55.6 Å². The Morgan fingerprint density at radius 2 is 1.78 bits per heavy atom. The molecule has 1 fully saturated rings. The second kappa shape index (κ2) is 9.02. The van der Waals surface area contributed by atoms with Crippen molar-refractivity contribution < 1.29 is 17.6 Å². The number of nitriles is 1. The quantitative estimate of drug-likeness (QED) is 0.591. The molecule has 1 aliphatic rings. The van der Waals surface area contributed by atoms with Crippen molar-refractivity contribution >= 4 is 21.6 Å². The fraction of sp³-hybridized carbons (Fsp3) is 0.304. The van der Waals surface area contributed by atoms with Gasteiger partial charge in [0.2, 0.25) is 27.5 Å². The zero-order chi connectivity index (χ0) is 22.7. The van der Waals surface area contributed by atoms with Crippen molar-refractivity contribution in [3.63, 3.8) is 0 Å². The van der Waals surface area contributed by atoms with E-state index in [0.29, 0.717) is 36.0 Å². The van der Waals surface area contributed by atoms with Crippen molar-refractivity contribution in [2.75, 3.05) is 25.5 Å². The third-order valence-corrected chi connectivity index (χ3v) is 7.48. The summed E-state index contributed by atoms with van der Waals surface area (Å²) in [7, 11) is -1.95. The number of oxazole rings is 1. The lowest BCUT2D eigenvalue weighted by Crippen LogP contribution is -2.37. The van der Waals surface area contributed by atoms with Gasteiger partial charge in [0.25, 0.3) is 0 Å². The lowest BCUT2D eigenvalue weighted by atomic mass is 10.0. The topological polar surface area (TPSA) is 108 Å². The first-order valence-electron chi connectivity index (χ1n) is 10.3. The van der Waals surface area contributed by atoms with Crippen molar-refractivity contribution in [2.24, 2.45) is 5.92 Å². The molecule has 8 nitrogen and oxygen atoms in total. The number of rotatable bonds is 6. The normalized spacial score (nSPS) is 15.3. The number of nitrogens with zero attached hydrogens (tertiary/aromatic N) is 3. The van der Waals surface area contributed by atoms with Crippen LogP contribution >= 0.6 is 0 Å². The largest absolute Gasteiger partial charge is 0.497 e. The Morgan fingerprint density at radius 1 is 1.12 bits per heavy atom. The van der Waals surface area contributed by atoms with Gasteiger partial charge in [-0.2, -0.15) is 14.6 Å². The van der Waals surface area contributed by atoms with Crippen molar-refractivity contribution in [1.82, 2.24) is 9.29 Å². The summed E-state index contributed by atoms with van der Waals surface area (Å²) in [6, 6.07) is 15.6. The number of anilines is 2. The van der Waals surface area contributed by atoms with E-state index in [9.17, 15) is 13.7 Å². The lowest BCUT2D eigenvalue weighted by Gasteiger charge is -2.29. The maximum absolute atomic E-state index is 12.9. The van der Waals surface area contributed by atoms with Crippen LogP contribution in [-0.4, -0.2) is 37.9 Å². The van der Waals surface area contributed by atoms with Crippen molar-refractivity contribution in [3.8, 4) is 23.3 Å². The minimum atomic E-state index is -3.53. The van der Waals surface area contributed by atoms with Gasteiger partial charge in [-0.25, -0.2) is 8.42 Å². The number of aromatic nitrogens is 1. The molecular formula is C23H24N4O4S. The molecule has 1 N–H and O–H groups in total. The molecule has 0 saturated carbocycles. The Kier molecular flexibility index (Phi) is 6.17. The van der Waals surface area contributed by atoms with Crippen LogP contribution in [-0.2, 0) is 10.0 Å². The fourth-order valence-corrected chi connectivity index (χ4v) is 5.02. The summed E-state index contributed by atoms with van der Waals surface area (Å²) in [6.45, 7) is 3.22. The molecule has 0 radical (unpaired) electrons. The van der Waals surface area contributed by atoms with E-state index in [4.69, 9.17) is 9.15 Å². The van der Waals surface area contributed by atoms with Crippen LogP contribution in [0.25, 0.3) is 11.5 Å². The van der Waals surface area contributed by atoms with Crippen LogP contribution in [0.2, 0.25) is 0 Å². The molecule has 0 aliphatic carbocycles. The number of piperidine rings is 1. The maximum atomic E-state index is 12.9. The molecule has 32 heavy (non-hydrogen) atoms. The first-order chi connectivity index (χ1) is 15.4. The van der Waals surface area contributed by atoms with Gasteiger partial charge in [0, 0.05) is 24.3 Å². The fourth-order valence-electron chi connectivity index (χ4n) is 3.55. The van der Waals surface area contributed by atoms with Crippen molar-refractivity contribution in [1.29, 1.82) is 5.26 Å². The summed E-state index contributed by atoms with van der Waals surface area (Å²) in [6.07, 6.45) is 1.74. The lowest BCUT2D eigenvalue weighted by molar-refractivity contribution is 0.288. The Bertz CT molecular complexity index is 1220. The molecule has 1 saturated heterocycles. The predicted molar refractivity (Wildman–Crippen MR) is 120 cm³/mol. The molecule has 0 amide bonds. The molecule has 1 aromatic heterocycles. The SMILES string of the molecule is COc1ccc(Nc2oc(-c3ccc(S(=O)(=O)N4CCC(C)CC4)cc3)nc2C#N)cc1. The second-order valence-electron chi connectivity index (χ2n) is 7.77. The maximum Gasteiger partial charge on any atom is 0.243 e. The van der Waals surface area contributed by atoms with Crippen LogP contribution in [0.3, 0.4) is 0 Å². The molecule has 166 valence electrons. The van der Waals surface area contributed by atoms with Gasteiger partial charge in [0.1, 0.15) is 11.8 Å². The number of nitrogens with one attached hydrogen (secondary N) is 1. The van der Waals surface area contributed by atoms with E-state index >= 15 is 0 Å². The number of ether oxygens (including phenoxy) is 1. The average Bonchev–Trinajstić information content (AvgIpc) is 3.23. The minimum Gasteiger partial charge on any atom is -0.497 e. The molecule has 0 bridgehead atoms. The highest BCUT2D eigenvalue weighted by molar-refractivity contribution is 7.89. The molecule has 0 unspecified atom stereocenters. The van der Waals surface area contributed by atoms with E-state index in [0.717, 1.165) is 12.8 Å². The molecule has 1 aliphatic heterocycles. The summed E-state index contributed by atoms with van der Waals surface area (Å²) in [5.74, 6) is 1.70. The Labute approximate surface area is 187 Å². The number of sulfonamides is 1. The molecule has 2 aromatic carbocycles. The summed E-state index contributed by atoms with van der Waals surface area (Å²) < 4.78 is 38.3. The second-order valence-corrected chi connectivity index (χ2v) is 9.71. The monoisotopic (exact) mass is 452 g/mol. The van der Waals surface area contributed by atoms with E-state index in [2.05, 4.69) is 17.2 Å². The Morgan fingerprint density at radius 3 is 2.38 bits per heavy atom. The highest BCUT2D eigenvalue weighted by Gasteiger charge is 2.28. The zero-order valence-electron chi connectivity index (χ0n) is 17.9. The van der Waals surface area contributed by atoms with Gasteiger partial charge < -0.3 is 14.5 Å². The molecule has 9 heteroatoms. The smallest absolute Gasteiger partial charge is 0.243 e. The summed E-state index contributed by atoms with van der Waals surface area (Å²) in [5.41, 5.74) is 1.40. The van der Waals surface area contributed by atoms with Crippen molar-refractivity contribution in [3.05, 3.63) is 54.2 Å². The van der Waals surface area contributed by atoms with Gasteiger partial charge >= 0.3 is 0 Å². The standard InChI is InChI=1S/C23H24N4O4S/c1-16-11-13-27(14-12-16)32(28,29)20-9-3-17(4-10-20)22-26-21(15-24)23(31-22)25-18-5-7-19(30-2)8-6-18/h3-10,16,25H,11-14H2,1-2H3. The Hall–Kier alpha value is -3.35. The van der Waals surface area contributed by atoms with Crippen LogP contribution in [0.1, 0.15) is 25.5 Å². The molecule has 3 aromatic rings. The summed E-state index contributed by atoms with van der Waals surface area (Å²) in [4.78, 5) is 4.48. The van der Waals surface area contributed by atoms with E-state index in [-0.39, 0.29) is 22.4 Å². The van der Waals surface area contributed by atoms with Crippen LogP contribution < -0.4 is 10.1 Å². The summed E-state index contributed by atoms with van der Waals surface area (Å²) in [5, 5.41) is 12.5. The van der Waals surface area contributed by atoms with Gasteiger partial charge in [-0.05, 0) is 67.3 Å². The third kappa shape index (κ3) is 4.47. The molecule has 0 spiro atoms. The van der Waals surface area contributed by atoms with Gasteiger partial charge in [-0.1, -0.05) is 6.92 Å². The van der Waals surface area contributed by atoms with E-state index < -0.39 is 10.0 Å². The van der Waals surface area contributed by atoms with Crippen molar-refractivity contribution in [2.45, 2.75) is 24.7 Å². The van der Waals surface area contributed by atoms with Crippen LogP contribution in [0.4, 0.5) is 11.6 Å². The number of hydrogen-bond acceptors (Lipinski definition) is 7. The number of benzene rings is 2. The third-order valence-electron chi connectivity index (χ3n) is 5.56. The molecule has 4 rings (SSSR count). The zero-order valence-corrected chi connectivity index (χ0v) is 18.7. The minimum absolute atomic E-state index is 0.106. The first kappa shape index (κ1) is 21.9. The number of hydrogen-bond donors (Lipinski definition) is 1. The average molecular weight is 453 g/mol. The highest BCUT2D eigenvalue weighted by Crippen LogP contribution is 2.30. The predicted octanol–water partition coefficient (Wildman–Crippen LogP) is 4.39. The number of methoxy groups -OCH3 is 1. The molecule has 2 heterocycles. The van der Waals surface area contributed by atoms with E-state index in [1.807, 2.05) is 6.07 Å². The van der Waals surface area contributed by atoms with Gasteiger partial charge in [0.05, 0.1) is 12.0 Å². The molecular weight excluding hydrogens is 428 g/mol. The van der Waals surface area contributed by atoms with Crippen LogP contribution in [0.15, 0.2) is 57.8 Å². The first-order valence-corrected chi connectivity index (χ1v) is 11.8. The van der Waals surface area contributed by atoms with Crippen LogP contribution in [0, 0.1) is 17.2 Å². The Balaban J connectivity index is 1.54. The van der Waals surface area contributed by atoms with Gasteiger partial charge in [0.15, 0.2) is 0 Å².